The first-order valence-corrected chi connectivity index (χ1v) is 6.11. The minimum absolute atomic E-state index is 0.0264. The maximum Gasteiger partial charge on any atom is 0.143 e. The van der Waals surface area contributed by atoms with Crippen molar-refractivity contribution < 1.29 is 8.78 Å². The Bertz CT molecular complexity index is 602. The number of benzene rings is 2. The number of hydrogen-bond donors (Lipinski definition) is 2. The molecule has 19 heavy (non-hydrogen) atoms. The molecule has 0 aliphatic heterocycles. The summed E-state index contributed by atoms with van der Waals surface area (Å²) in [6.45, 7) is 1.83. The fourth-order valence-corrected chi connectivity index (χ4v) is 1.95. The molecule has 100 valence electrons. The van der Waals surface area contributed by atoms with Crippen LogP contribution in [0.5, 0.6) is 0 Å². The Balaban J connectivity index is 2.24. The summed E-state index contributed by atoms with van der Waals surface area (Å²) >= 11 is 5.63. The summed E-state index contributed by atoms with van der Waals surface area (Å²) in [4.78, 5) is 0. The predicted molar refractivity (Wildman–Crippen MR) is 74.3 cm³/mol. The van der Waals surface area contributed by atoms with Gasteiger partial charge in [-0.15, -0.1) is 0 Å². The van der Waals surface area contributed by atoms with Crippen LogP contribution in [-0.4, -0.2) is 0 Å². The van der Waals surface area contributed by atoms with Crippen LogP contribution < -0.4 is 11.1 Å². The second-order valence-electron chi connectivity index (χ2n) is 4.27. The van der Waals surface area contributed by atoms with Gasteiger partial charge in [-0.1, -0.05) is 23.7 Å². The zero-order valence-electron chi connectivity index (χ0n) is 10.3. The van der Waals surface area contributed by atoms with E-state index in [0.717, 1.165) is 5.56 Å². The molecule has 0 bridgehead atoms. The van der Waals surface area contributed by atoms with Crippen LogP contribution in [0.4, 0.5) is 20.2 Å². The molecule has 0 radical (unpaired) electrons. The first-order chi connectivity index (χ1) is 8.97. The Hall–Kier alpha value is -1.81. The molecule has 0 heterocycles. The van der Waals surface area contributed by atoms with Crippen molar-refractivity contribution in [3.05, 3.63) is 58.6 Å². The molecule has 1 unspecified atom stereocenters. The number of halogens is 3. The lowest BCUT2D eigenvalue weighted by atomic mass is 10.1. The van der Waals surface area contributed by atoms with Crippen molar-refractivity contribution in [3.8, 4) is 0 Å². The van der Waals surface area contributed by atoms with Gasteiger partial charge < -0.3 is 11.1 Å². The van der Waals surface area contributed by atoms with Crippen LogP contribution in [0.2, 0.25) is 5.02 Å². The van der Waals surface area contributed by atoms with Gasteiger partial charge in [0.1, 0.15) is 11.6 Å². The standard InChI is InChI=1S/C14H13ClF2N2/c1-8(9-3-2-4-10(16)5-9)19-14-7-12(17)11(15)6-13(14)18/h2-8,19H,18H2,1H3. The van der Waals surface area contributed by atoms with Crippen molar-refractivity contribution in [2.24, 2.45) is 0 Å². The molecule has 3 N–H and O–H groups in total. The largest absolute Gasteiger partial charge is 0.397 e. The summed E-state index contributed by atoms with van der Waals surface area (Å²) in [7, 11) is 0. The van der Waals surface area contributed by atoms with Gasteiger partial charge in [0.25, 0.3) is 0 Å². The van der Waals surface area contributed by atoms with E-state index in [1.54, 1.807) is 12.1 Å². The van der Waals surface area contributed by atoms with E-state index in [9.17, 15) is 8.78 Å². The summed E-state index contributed by atoms with van der Waals surface area (Å²) in [6, 6.07) is 8.55. The Morgan fingerprint density at radius 1 is 1.21 bits per heavy atom. The highest BCUT2D eigenvalue weighted by atomic mass is 35.5. The molecule has 2 aromatic carbocycles. The molecule has 2 aromatic rings. The quantitative estimate of drug-likeness (QED) is 0.820. The summed E-state index contributed by atoms with van der Waals surface area (Å²) in [5.74, 6) is -0.869. The van der Waals surface area contributed by atoms with Gasteiger partial charge in [-0.05, 0) is 30.7 Å². The molecule has 2 nitrogen and oxygen atoms in total. The van der Waals surface area contributed by atoms with E-state index < -0.39 is 5.82 Å². The van der Waals surface area contributed by atoms with Crippen LogP contribution in [0.15, 0.2) is 36.4 Å². The molecule has 1 atom stereocenters. The van der Waals surface area contributed by atoms with Gasteiger partial charge >= 0.3 is 0 Å². The van der Waals surface area contributed by atoms with Crippen LogP contribution in [-0.2, 0) is 0 Å². The van der Waals surface area contributed by atoms with E-state index >= 15 is 0 Å². The summed E-state index contributed by atoms with van der Waals surface area (Å²) in [5, 5.41) is 3.00. The second-order valence-corrected chi connectivity index (χ2v) is 4.68. The molecular weight excluding hydrogens is 270 g/mol. The lowest BCUT2D eigenvalue weighted by Crippen LogP contribution is -2.09. The first-order valence-electron chi connectivity index (χ1n) is 5.74. The van der Waals surface area contributed by atoms with Crippen molar-refractivity contribution in [1.29, 1.82) is 0 Å². The number of rotatable bonds is 3. The monoisotopic (exact) mass is 282 g/mol. The van der Waals surface area contributed by atoms with Gasteiger partial charge in [0.05, 0.1) is 16.4 Å². The van der Waals surface area contributed by atoms with E-state index in [1.165, 1.54) is 24.3 Å². The maximum atomic E-state index is 13.4. The number of hydrogen-bond acceptors (Lipinski definition) is 2. The topological polar surface area (TPSA) is 38.0 Å². The fraction of sp³-hybridized carbons (Fsp3) is 0.143. The normalized spacial score (nSPS) is 12.2. The van der Waals surface area contributed by atoms with E-state index in [-0.39, 0.29) is 16.9 Å². The minimum Gasteiger partial charge on any atom is -0.397 e. The summed E-state index contributed by atoms with van der Waals surface area (Å²) in [5.41, 5.74) is 7.28. The van der Waals surface area contributed by atoms with E-state index in [0.29, 0.717) is 11.4 Å². The molecule has 0 saturated carbocycles. The molecule has 0 aromatic heterocycles. The van der Waals surface area contributed by atoms with E-state index in [2.05, 4.69) is 5.32 Å². The van der Waals surface area contributed by atoms with Gasteiger partial charge in [-0.25, -0.2) is 8.78 Å². The third kappa shape index (κ3) is 3.15. The molecular formula is C14H13ClF2N2. The second kappa shape index (κ2) is 5.45. The van der Waals surface area contributed by atoms with E-state index in [4.69, 9.17) is 17.3 Å². The molecule has 2 rings (SSSR count). The van der Waals surface area contributed by atoms with Crippen molar-refractivity contribution in [1.82, 2.24) is 0 Å². The molecule has 0 amide bonds. The number of nitrogens with two attached hydrogens (primary N) is 1. The third-order valence-electron chi connectivity index (χ3n) is 2.81. The van der Waals surface area contributed by atoms with Crippen molar-refractivity contribution >= 4 is 23.0 Å². The molecule has 0 saturated heterocycles. The van der Waals surface area contributed by atoms with Crippen molar-refractivity contribution in [3.63, 3.8) is 0 Å². The number of nitrogens with one attached hydrogen (secondary N) is 1. The Morgan fingerprint density at radius 2 is 1.95 bits per heavy atom. The fourth-order valence-electron chi connectivity index (χ4n) is 1.78. The predicted octanol–water partition coefficient (Wildman–Crippen LogP) is 4.37. The molecule has 0 aliphatic rings. The zero-order valence-corrected chi connectivity index (χ0v) is 11.0. The summed E-state index contributed by atoms with van der Waals surface area (Å²) < 4.78 is 26.5. The van der Waals surface area contributed by atoms with Crippen LogP contribution in [0.1, 0.15) is 18.5 Å². The van der Waals surface area contributed by atoms with Crippen molar-refractivity contribution in [2.45, 2.75) is 13.0 Å². The van der Waals surface area contributed by atoms with Gasteiger partial charge in [0.2, 0.25) is 0 Å². The van der Waals surface area contributed by atoms with Crippen molar-refractivity contribution in [2.75, 3.05) is 11.1 Å². The van der Waals surface area contributed by atoms with Gasteiger partial charge in [0.15, 0.2) is 0 Å². The number of anilines is 2. The highest BCUT2D eigenvalue weighted by molar-refractivity contribution is 6.31. The lowest BCUT2D eigenvalue weighted by molar-refractivity contribution is 0.623. The highest BCUT2D eigenvalue weighted by Gasteiger charge is 2.11. The SMILES string of the molecule is CC(Nc1cc(F)c(Cl)cc1N)c1cccc(F)c1. The molecule has 0 aliphatic carbocycles. The molecule has 0 spiro atoms. The minimum atomic E-state index is -0.551. The Morgan fingerprint density at radius 3 is 2.63 bits per heavy atom. The average Bonchev–Trinajstić information content (AvgIpc) is 2.36. The van der Waals surface area contributed by atoms with E-state index in [1.807, 2.05) is 6.92 Å². The Labute approximate surface area is 115 Å². The third-order valence-corrected chi connectivity index (χ3v) is 3.10. The van der Waals surface area contributed by atoms with Crippen LogP contribution in [0, 0.1) is 11.6 Å². The molecule has 5 heteroatoms. The zero-order chi connectivity index (χ0) is 14.0. The van der Waals surface area contributed by atoms with Gasteiger partial charge in [-0.3, -0.25) is 0 Å². The first kappa shape index (κ1) is 13.6. The highest BCUT2D eigenvalue weighted by Crippen LogP contribution is 2.29. The van der Waals surface area contributed by atoms with Crippen LogP contribution in [0.25, 0.3) is 0 Å². The van der Waals surface area contributed by atoms with Crippen LogP contribution >= 0.6 is 11.6 Å². The number of nitrogen functional groups attached to an aromatic ring is 1. The summed E-state index contributed by atoms with van der Waals surface area (Å²) in [6.07, 6.45) is 0. The maximum absolute atomic E-state index is 13.4. The lowest BCUT2D eigenvalue weighted by Gasteiger charge is -2.17. The molecule has 0 fully saturated rings. The average molecular weight is 283 g/mol. The van der Waals surface area contributed by atoms with Crippen LogP contribution in [0.3, 0.4) is 0 Å². The smallest absolute Gasteiger partial charge is 0.143 e. The van der Waals surface area contributed by atoms with Gasteiger partial charge in [-0.2, -0.15) is 0 Å². The van der Waals surface area contributed by atoms with Gasteiger partial charge in [0, 0.05) is 12.1 Å². The Kier molecular flexibility index (Phi) is 3.90.